The number of Topliss-reactive ketones (excluding diaryl/α,β-unsaturated/α-hetero) is 1. The van der Waals surface area contributed by atoms with Crippen LogP contribution >= 0.6 is 0 Å². The highest BCUT2D eigenvalue weighted by Crippen LogP contribution is 2.42. The lowest BCUT2D eigenvalue weighted by Gasteiger charge is -2.35. The van der Waals surface area contributed by atoms with Crippen LogP contribution in [0, 0.1) is 12.8 Å². The summed E-state index contributed by atoms with van der Waals surface area (Å²) >= 11 is 0. The number of nitrogens with zero attached hydrogens (tertiary/aromatic N) is 5. The van der Waals surface area contributed by atoms with E-state index in [0.717, 1.165) is 12.8 Å². The van der Waals surface area contributed by atoms with Crippen molar-refractivity contribution >= 4 is 34.6 Å². The fraction of sp³-hybridized carbons (Fsp3) is 0.375. The summed E-state index contributed by atoms with van der Waals surface area (Å²) in [5, 5.41) is 10.3. The van der Waals surface area contributed by atoms with E-state index in [-0.39, 0.29) is 34.7 Å². The predicted octanol–water partition coefficient (Wildman–Crippen LogP) is 4.17. The van der Waals surface area contributed by atoms with Crippen LogP contribution in [-0.2, 0) is 4.79 Å². The average Bonchev–Trinajstić information content (AvgIpc) is 3.59. The predicted molar refractivity (Wildman–Crippen MR) is 126 cm³/mol. The van der Waals surface area contributed by atoms with Gasteiger partial charge in [0.05, 0.1) is 34.4 Å². The number of ketones is 1. The van der Waals surface area contributed by atoms with E-state index >= 15 is 0 Å². The van der Waals surface area contributed by atoms with E-state index < -0.39 is 31.9 Å². The number of amides is 1. The summed E-state index contributed by atoms with van der Waals surface area (Å²) in [5.41, 5.74) is 1.75. The number of benzene rings is 1. The van der Waals surface area contributed by atoms with Gasteiger partial charge in [0.15, 0.2) is 11.6 Å². The van der Waals surface area contributed by atoms with Gasteiger partial charge in [-0.25, -0.2) is 14.6 Å². The molecule has 170 valence electrons. The van der Waals surface area contributed by atoms with E-state index in [4.69, 9.17) is 8.22 Å². The van der Waals surface area contributed by atoms with Crippen LogP contribution < -0.4 is 15.5 Å². The van der Waals surface area contributed by atoms with Crippen LogP contribution in [0.15, 0.2) is 30.5 Å². The second-order valence-electron chi connectivity index (χ2n) is 8.22. The molecule has 9 heteroatoms. The molecule has 1 saturated carbocycles. The molecule has 0 radical (unpaired) electrons. The summed E-state index contributed by atoms with van der Waals surface area (Å²) < 4.78 is 48.6. The minimum absolute atomic E-state index is 0.0243. The number of aryl methyl sites for hydroxylation is 1. The molecule has 1 aliphatic carbocycles. The standard InChI is InChI=1S/C24H27N7O2/c1-5-20(32)16-12-25-21(28-24(33)15-9-10-15)11-18(16)27-17-7-6-8-19-22(17)30(4)13(2)23-26-14(3)29-31(19)23/h6-8,11-13,15H,5,9-10H2,1-4H3,(H2,25,27,28,33)/t13-/m0/s1/i1D3,2D3. The largest absolute Gasteiger partial charge is 0.361 e. The monoisotopic (exact) mass is 451 g/mol. The molecule has 0 unspecified atom stereocenters. The van der Waals surface area contributed by atoms with E-state index in [1.807, 2.05) is 0 Å². The maximum absolute atomic E-state index is 13.0. The van der Waals surface area contributed by atoms with Crippen molar-refractivity contribution in [2.45, 2.75) is 45.9 Å². The van der Waals surface area contributed by atoms with Crippen molar-refractivity contribution in [3.63, 3.8) is 0 Å². The first-order chi connectivity index (χ1) is 18.2. The third-order valence-corrected chi connectivity index (χ3v) is 5.80. The maximum Gasteiger partial charge on any atom is 0.228 e. The first-order valence-corrected chi connectivity index (χ1v) is 10.6. The fourth-order valence-electron chi connectivity index (χ4n) is 3.93. The summed E-state index contributed by atoms with van der Waals surface area (Å²) in [6.45, 7) is -3.25. The summed E-state index contributed by atoms with van der Waals surface area (Å²) in [6.07, 6.45) is 2.13. The van der Waals surface area contributed by atoms with Crippen molar-refractivity contribution in [2.75, 3.05) is 22.6 Å². The van der Waals surface area contributed by atoms with Crippen molar-refractivity contribution in [1.82, 2.24) is 19.7 Å². The SMILES string of the molecule is [2H]C([2H])([2H])CC(=O)c1cnc(NC(=O)C2CC2)cc1Nc1cccc2c1N(C)[C@@H](C([2H])([2H])[2H])c1nc(C)nn1-2. The Hall–Kier alpha value is -3.75. The fourth-order valence-corrected chi connectivity index (χ4v) is 3.93. The number of hydrogen-bond acceptors (Lipinski definition) is 7. The summed E-state index contributed by atoms with van der Waals surface area (Å²) in [5.74, 6) is -0.0115. The highest BCUT2D eigenvalue weighted by atomic mass is 16.2. The van der Waals surface area contributed by atoms with Gasteiger partial charge in [0.2, 0.25) is 5.91 Å². The first-order valence-electron chi connectivity index (χ1n) is 13.6. The molecule has 33 heavy (non-hydrogen) atoms. The molecule has 2 N–H and O–H groups in total. The van der Waals surface area contributed by atoms with E-state index in [2.05, 4.69) is 25.7 Å². The Bertz CT molecular complexity index is 1460. The van der Waals surface area contributed by atoms with E-state index in [1.54, 1.807) is 37.1 Å². The number of carbonyl (C=O) groups is 2. The quantitative estimate of drug-likeness (QED) is 0.542. The summed E-state index contributed by atoms with van der Waals surface area (Å²) in [4.78, 5) is 35.5. The Morgan fingerprint density at radius 3 is 2.88 bits per heavy atom. The van der Waals surface area contributed by atoms with Crippen LogP contribution in [0.1, 0.15) is 69.2 Å². The number of anilines is 4. The van der Waals surface area contributed by atoms with Crippen LogP contribution in [0.2, 0.25) is 0 Å². The number of para-hydroxylation sites is 1. The van der Waals surface area contributed by atoms with Gasteiger partial charge in [-0.3, -0.25) is 9.59 Å². The van der Waals surface area contributed by atoms with E-state index in [0.29, 0.717) is 22.9 Å². The first kappa shape index (κ1) is 15.2. The van der Waals surface area contributed by atoms with Gasteiger partial charge in [0.25, 0.3) is 0 Å². The van der Waals surface area contributed by atoms with Crippen molar-refractivity contribution in [1.29, 1.82) is 0 Å². The molecule has 2 aromatic heterocycles. The Labute approximate surface area is 200 Å². The molecule has 9 nitrogen and oxygen atoms in total. The van der Waals surface area contributed by atoms with Crippen molar-refractivity contribution in [2.24, 2.45) is 5.92 Å². The highest BCUT2D eigenvalue weighted by Gasteiger charge is 2.32. The Kier molecular flexibility index (Phi) is 3.67. The molecule has 1 fully saturated rings. The molecule has 3 heterocycles. The number of rotatable bonds is 6. The van der Waals surface area contributed by atoms with Crippen molar-refractivity contribution in [3.05, 3.63) is 47.7 Å². The normalized spacial score (nSPS) is 20.2. The minimum atomic E-state index is -2.49. The lowest BCUT2D eigenvalue weighted by atomic mass is 10.1. The molecule has 1 atom stereocenters. The summed E-state index contributed by atoms with van der Waals surface area (Å²) in [6, 6.07) is 5.60. The van der Waals surface area contributed by atoms with E-state index in [1.165, 1.54) is 16.9 Å². The average molecular weight is 452 g/mol. The molecular formula is C24H27N7O2. The van der Waals surface area contributed by atoms with Crippen molar-refractivity contribution < 1.29 is 17.8 Å². The smallest absolute Gasteiger partial charge is 0.228 e. The second-order valence-corrected chi connectivity index (χ2v) is 8.22. The number of pyridine rings is 1. The number of aromatic nitrogens is 4. The van der Waals surface area contributed by atoms with Gasteiger partial charge < -0.3 is 15.5 Å². The highest BCUT2D eigenvalue weighted by molar-refractivity contribution is 6.03. The number of hydrogen-bond donors (Lipinski definition) is 2. The molecule has 1 aromatic carbocycles. The van der Waals surface area contributed by atoms with Gasteiger partial charge >= 0.3 is 0 Å². The molecule has 0 spiro atoms. The van der Waals surface area contributed by atoms with Gasteiger partial charge in [-0.1, -0.05) is 12.9 Å². The van der Waals surface area contributed by atoms with Gasteiger partial charge in [0.1, 0.15) is 11.6 Å². The Balaban J connectivity index is 1.60. The van der Waals surface area contributed by atoms with E-state index in [9.17, 15) is 9.59 Å². The Morgan fingerprint density at radius 2 is 2.12 bits per heavy atom. The van der Waals surface area contributed by atoms with Crippen molar-refractivity contribution in [3.8, 4) is 5.69 Å². The molecular weight excluding hydrogens is 418 g/mol. The molecule has 0 bridgehead atoms. The lowest BCUT2D eigenvalue weighted by Crippen LogP contribution is -2.31. The van der Waals surface area contributed by atoms with Crippen LogP contribution in [0.5, 0.6) is 0 Å². The van der Waals surface area contributed by atoms with Gasteiger partial charge in [-0.15, -0.1) is 0 Å². The molecule has 0 saturated heterocycles. The minimum Gasteiger partial charge on any atom is -0.361 e. The molecule has 2 aliphatic rings. The number of fused-ring (bicyclic) bond motifs is 3. The number of nitrogens with one attached hydrogen (secondary N) is 2. The lowest BCUT2D eigenvalue weighted by molar-refractivity contribution is -0.117. The zero-order valence-corrected chi connectivity index (χ0v) is 18.2. The van der Waals surface area contributed by atoms with Crippen LogP contribution in [0.25, 0.3) is 5.69 Å². The van der Waals surface area contributed by atoms with Crippen LogP contribution in [0.4, 0.5) is 22.9 Å². The molecule has 3 aromatic rings. The van der Waals surface area contributed by atoms with Gasteiger partial charge in [-0.2, -0.15) is 5.10 Å². The third-order valence-electron chi connectivity index (χ3n) is 5.80. The van der Waals surface area contributed by atoms with Crippen LogP contribution in [0.3, 0.4) is 0 Å². The van der Waals surface area contributed by atoms with Gasteiger partial charge in [0, 0.05) is 39.9 Å². The topological polar surface area (TPSA) is 105 Å². The van der Waals surface area contributed by atoms with Crippen LogP contribution in [-0.4, -0.2) is 38.5 Å². The molecule has 5 rings (SSSR count). The third kappa shape index (κ3) is 3.73. The Morgan fingerprint density at radius 1 is 1.27 bits per heavy atom. The summed E-state index contributed by atoms with van der Waals surface area (Å²) in [7, 11) is 1.64. The second kappa shape index (κ2) is 7.99. The van der Waals surface area contributed by atoms with Gasteiger partial charge in [-0.05, 0) is 38.8 Å². The number of carbonyl (C=O) groups excluding carboxylic acids is 2. The zero-order chi connectivity index (χ0) is 28.3. The molecule has 1 aliphatic heterocycles. The maximum atomic E-state index is 13.0. The molecule has 1 amide bonds. The zero-order valence-electron chi connectivity index (χ0n) is 24.2.